The van der Waals surface area contributed by atoms with Gasteiger partial charge in [0, 0.05) is 24.9 Å². The van der Waals surface area contributed by atoms with Gasteiger partial charge in [0.25, 0.3) is 0 Å². The molecule has 19 heavy (non-hydrogen) atoms. The number of aromatic nitrogens is 3. The second-order valence-corrected chi connectivity index (χ2v) is 4.43. The average molecular weight is 260 g/mol. The molecular formula is C13H16N4O2. The lowest BCUT2D eigenvalue weighted by Crippen LogP contribution is -2.16. The summed E-state index contributed by atoms with van der Waals surface area (Å²) in [6, 6.07) is 3.88. The Labute approximate surface area is 110 Å². The summed E-state index contributed by atoms with van der Waals surface area (Å²) in [6.45, 7) is 2.00. The number of hydrogen-bond acceptors (Lipinski definition) is 5. The van der Waals surface area contributed by atoms with Gasteiger partial charge in [0.2, 0.25) is 0 Å². The van der Waals surface area contributed by atoms with Gasteiger partial charge in [-0.25, -0.2) is 9.97 Å². The third kappa shape index (κ3) is 3.87. The number of hydrogen-bond donors (Lipinski definition) is 2. The van der Waals surface area contributed by atoms with E-state index in [-0.39, 0.29) is 12.5 Å². The summed E-state index contributed by atoms with van der Waals surface area (Å²) >= 11 is 0. The van der Waals surface area contributed by atoms with Gasteiger partial charge in [-0.1, -0.05) is 0 Å². The first-order valence-electron chi connectivity index (χ1n) is 6.21. The molecular weight excluding hydrogens is 244 g/mol. The smallest absolute Gasteiger partial charge is 0.303 e. The van der Waals surface area contributed by atoms with E-state index in [1.807, 2.05) is 19.1 Å². The van der Waals surface area contributed by atoms with E-state index in [2.05, 4.69) is 20.3 Å². The fraction of sp³-hybridized carbons (Fsp3) is 0.385. The SMILES string of the molecule is CC(CCCC(=O)O)Nc1ccc2nccnc2n1. The van der Waals surface area contributed by atoms with Crippen LogP contribution in [0.5, 0.6) is 0 Å². The maximum Gasteiger partial charge on any atom is 0.303 e. The highest BCUT2D eigenvalue weighted by Gasteiger charge is 2.06. The third-order valence-corrected chi connectivity index (χ3v) is 2.75. The van der Waals surface area contributed by atoms with E-state index < -0.39 is 5.97 Å². The van der Waals surface area contributed by atoms with Crippen LogP contribution in [-0.2, 0) is 4.79 Å². The Bertz CT molecular complexity index is 573. The molecule has 2 rings (SSSR count). The summed E-state index contributed by atoms with van der Waals surface area (Å²) in [7, 11) is 0. The molecule has 0 bridgehead atoms. The van der Waals surface area contributed by atoms with Crippen molar-refractivity contribution in [1.29, 1.82) is 0 Å². The Morgan fingerprint density at radius 1 is 1.37 bits per heavy atom. The van der Waals surface area contributed by atoms with E-state index in [1.54, 1.807) is 12.4 Å². The summed E-state index contributed by atoms with van der Waals surface area (Å²) in [4.78, 5) is 23.1. The number of pyridine rings is 1. The van der Waals surface area contributed by atoms with Crippen molar-refractivity contribution in [2.24, 2.45) is 0 Å². The zero-order valence-corrected chi connectivity index (χ0v) is 10.7. The highest BCUT2D eigenvalue weighted by atomic mass is 16.4. The second-order valence-electron chi connectivity index (χ2n) is 4.43. The van der Waals surface area contributed by atoms with Crippen molar-refractivity contribution in [3.05, 3.63) is 24.5 Å². The van der Waals surface area contributed by atoms with Crippen molar-refractivity contribution in [2.75, 3.05) is 5.32 Å². The molecule has 0 spiro atoms. The summed E-state index contributed by atoms with van der Waals surface area (Å²) < 4.78 is 0. The van der Waals surface area contributed by atoms with Crippen LogP contribution in [0, 0.1) is 0 Å². The summed E-state index contributed by atoms with van der Waals surface area (Å²) in [5.74, 6) is -0.0258. The molecule has 2 N–H and O–H groups in total. The Kier molecular flexibility index (Phi) is 4.22. The van der Waals surface area contributed by atoms with Gasteiger partial charge in [0.15, 0.2) is 5.65 Å². The number of carboxylic acid groups (broad SMARTS) is 1. The first kappa shape index (κ1) is 13.2. The Morgan fingerprint density at radius 2 is 2.16 bits per heavy atom. The molecule has 0 saturated heterocycles. The van der Waals surface area contributed by atoms with Crippen molar-refractivity contribution in [3.8, 4) is 0 Å². The predicted molar refractivity (Wildman–Crippen MR) is 71.9 cm³/mol. The molecule has 0 aromatic carbocycles. The van der Waals surface area contributed by atoms with Gasteiger partial charge in [-0.3, -0.25) is 9.78 Å². The van der Waals surface area contributed by atoms with Crippen LogP contribution in [0.3, 0.4) is 0 Å². The lowest BCUT2D eigenvalue weighted by molar-refractivity contribution is -0.137. The van der Waals surface area contributed by atoms with Gasteiger partial charge in [-0.2, -0.15) is 0 Å². The largest absolute Gasteiger partial charge is 0.481 e. The fourth-order valence-electron chi connectivity index (χ4n) is 1.82. The van der Waals surface area contributed by atoms with Gasteiger partial charge >= 0.3 is 5.97 Å². The third-order valence-electron chi connectivity index (χ3n) is 2.75. The Hall–Kier alpha value is -2.24. The molecule has 1 atom stereocenters. The quantitative estimate of drug-likeness (QED) is 0.826. The van der Waals surface area contributed by atoms with Crippen LogP contribution >= 0.6 is 0 Å². The topological polar surface area (TPSA) is 88.0 Å². The zero-order valence-electron chi connectivity index (χ0n) is 10.7. The first-order valence-corrected chi connectivity index (χ1v) is 6.21. The number of rotatable bonds is 6. The van der Waals surface area contributed by atoms with Crippen LogP contribution in [0.15, 0.2) is 24.5 Å². The Balaban J connectivity index is 1.95. The standard InChI is InChI=1S/C13H16N4O2/c1-9(3-2-4-12(18)19)16-11-6-5-10-13(17-11)15-8-7-14-10/h5-9H,2-4H2,1H3,(H,18,19)(H,15,16,17). The molecule has 0 amide bonds. The van der Waals surface area contributed by atoms with Gasteiger partial charge in [-0.05, 0) is 31.9 Å². The maximum atomic E-state index is 10.4. The number of anilines is 1. The molecule has 0 aliphatic carbocycles. The molecule has 0 radical (unpaired) electrons. The van der Waals surface area contributed by atoms with Crippen LogP contribution in [-0.4, -0.2) is 32.1 Å². The zero-order chi connectivity index (χ0) is 13.7. The van der Waals surface area contributed by atoms with Crippen molar-refractivity contribution < 1.29 is 9.90 Å². The molecule has 1 unspecified atom stereocenters. The summed E-state index contributed by atoms with van der Waals surface area (Å²) in [5, 5.41) is 11.8. The monoisotopic (exact) mass is 260 g/mol. The van der Waals surface area contributed by atoms with E-state index in [0.717, 1.165) is 17.8 Å². The number of carboxylic acids is 1. The predicted octanol–water partition coefficient (Wildman–Crippen LogP) is 2.08. The van der Waals surface area contributed by atoms with Crippen molar-refractivity contribution >= 4 is 23.0 Å². The lowest BCUT2D eigenvalue weighted by Gasteiger charge is -2.13. The van der Waals surface area contributed by atoms with E-state index in [0.29, 0.717) is 12.1 Å². The van der Waals surface area contributed by atoms with Gasteiger partial charge in [-0.15, -0.1) is 0 Å². The second kappa shape index (κ2) is 6.08. The van der Waals surface area contributed by atoms with E-state index in [1.165, 1.54) is 0 Å². The van der Waals surface area contributed by atoms with Gasteiger partial charge in [0.05, 0.1) is 0 Å². The van der Waals surface area contributed by atoms with E-state index in [9.17, 15) is 4.79 Å². The molecule has 2 aromatic rings. The van der Waals surface area contributed by atoms with E-state index in [4.69, 9.17) is 5.11 Å². The number of carbonyl (C=O) groups is 1. The normalized spacial score (nSPS) is 12.3. The summed E-state index contributed by atoms with van der Waals surface area (Å²) in [6.07, 6.45) is 4.87. The molecule has 0 aliphatic rings. The molecule has 0 saturated carbocycles. The maximum absolute atomic E-state index is 10.4. The molecule has 2 heterocycles. The van der Waals surface area contributed by atoms with Crippen LogP contribution in [0.2, 0.25) is 0 Å². The number of aliphatic carboxylic acids is 1. The number of nitrogens with zero attached hydrogens (tertiary/aromatic N) is 3. The minimum Gasteiger partial charge on any atom is -0.481 e. The average Bonchev–Trinajstić information content (AvgIpc) is 2.38. The van der Waals surface area contributed by atoms with Crippen LogP contribution in [0.1, 0.15) is 26.2 Å². The molecule has 6 heteroatoms. The molecule has 2 aromatic heterocycles. The fourth-order valence-corrected chi connectivity index (χ4v) is 1.82. The van der Waals surface area contributed by atoms with Crippen LogP contribution < -0.4 is 5.32 Å². The molecule has 0 aliphatic heterocycles. The van der Waals surface area contributed by atoms with Gasteiger partial charge in [0.1, 0.15) is 11.3 Å². The number of fused-ring (bicyclic) bond motifs is 1. The molecule has 0 fully saturated rings. The first-order chi connectivity index (χ1) is 9.15. The van der Waals surface area contributed by atoms with Gasteiger partial charge < -0.3 is 10.4 Å². The minimum absolute atomic E-state index is 0.168. The lowest BCUT2D eigenvalue weighted by atomic mass is 10.1. The van der Waals surface area contributed by atoms with Crippen molar-refractivity contribution in [1.82, 2.24) is 15.0 Å². The Morgan fingerprint density at radius 3 is 2.95 bits per heavy atom. The van der Waals surface area contributed by atoms with Crippen molar-refractivity contribution in [2.45, 2.75) is 32.2 Å². The minimum atomic E-state index is -0.758. The number of nitrogens with one attached hydrogen (secondary N) is 1. The van der Waals surface area contributed by atoms with Crippen LogP contribution in [0.25, 0.3) is 11.2 Å². The summed E-state index contributed by atoms with van der Waals surface area (Å²) in [5.41, 5.74) is 1.36. The van der Waals surface area contributed by atoms with Crippen LogP contribution in [0.4, 0.5) is 5.82 Å². The highest BCUT2D eigenvalue weighted by Crippen LogP contribution is 2.12. The molecule has 100 valence electrons. The highest BCUT2D eigenvalue weighted by molar-refractivity contribution is 5.71. The van der Waals surface area contributed by atoms with E-state index >= 15 is 0 Å². The van der Waals surface area contributed by atoms with Crippen molar-refractivity contribution in [3.63, 3.8) is 0 Å². The molecule has 6 nitrogen and oxygen atoms in total.